The highest BCUT2D eigenvalue weighted by Crippen LogP contribution is 2.29. The maximum Gasteiger partial charge on any atom is 0.169 e. The van der Waals surface area contributed by atoms with E-state index in [0.29, 0.717) is 29.1 Å². The standard InChI is InChI=1S/C12H13N7/c1-7-4-10(16-6-15-7)19-11(14)9(5-13)12(18-19)17-8-2-3-8/h4,6,8H,2-3,14H2,1H3,(H,17,18). The van der Waals surface area contributed by atoms with Gasteiger partial charge in [0, 0.05) is 17.8 Å². The molecule has 7 nitrogen and oxygen atoms in total. The highest BCUT2D eigenvalue weighted by atomic mass is 15.4. The summed E-state index contributed by atoms with van der Waals surface area (Å²) in [5, 5.41) is 16.7. The Balaban J connectivity index is 2.06. The van der Waals surface area contributed by atoms with Crippen molar-refractivity contribution in [2.75, 3.05) is 11.1 Å². The lowest BCUT2D eigenvalue weighted by molar-refractivity contribution is 0.842. The van der Waals surface area contributed by atoms with E-state index in [1.807, 2.05) is 6.92 Å². The molecule has 0 amide bonds. The summed E-state index contributed by atoms with van der Waals surface area (Å²) in [5.41, 5.74) is 7.15. The first kappa shape index (κ1) is 11.5. The van der Waals surface area contributed by atoms with Crippen LogP contribution in [-0.2, 0) is 0 Å². The molecule has 0 aromatic carbocycles. The molecule has 1 aliphatic rings. The van der Waals surface area contributed by atoms with Gasteiger partial charge in [0.25, 0.3) is 0 Å². The number of nitrogens with two attached hydrogens (primary N) is 1. The van der Waals surface area contributed by atoms with Crippen LogP contribution < -0.4 is 11.1 Å². The van der Waals surface area contributed by atoms with Gasteiger partial charge in [-0.3, -0.25) is 0 Å². The third-order valence-corrected chi connectivity index (χ3v) is 2.96. The van der Waals surface area contributed by atoms with Crippen LogP contribution in [0, 0.1) is 18.3 Å². The average Bonchev–Trinajstić information content (AvgIpc) is 3.14. The molecule has 2 aromatic heterocycles. The molecule has 0 atom stereocenters. The van der Waals surface area contributed by atoms with Crippen LogP contribution in [0.5, 0.6) is 0 Å². The molecule has 1 fully saturated rings. The number of hydrogen-bond acceptors (Lipinski definition) is 6. The average molecular weight is 255 g/mol. The number of nitrogens with one attached hydrogen (secondary N) is 1. The summed E-state index contributed by atoms with van der Waals surface area (Å²) in [4.78, 5) is 8.16. The molecule has 0 saturated heterocycles. The minimum Gasteiger partial charge on any atom is -0.382 e. The number of rotatable bonds is 3. The molecule has 19 heavy (non-hydrogen) atoms. The van der Waals surface area contributed by atoms with Crippen molar-refractivity contribution in [1.82, 2.24) is 19.7 Å². The number of hydrogen-bond donors (Lipinski definition) is 2. The van der Waals surface area contributed by atoms with Gasteiger partial charge in [0.2, 0.25) is 0 Å². The first-order valence-electron chi connectivity index (χ1n) is 6.03. The highest BCUT2D eigenvalue weighted by Gasteiger charge is 2.25. The van der Waals surface area contributed by atoms with Crippen molar-refractivity contribution in [1.29, 1.82) is 5.26 Å². The van der Waals surface area contributed by atoms with Gasteiger partial charge in [-0.05, 0) is 19.8 Å². The molecule has 2 aromatic rings. The van der Waals surface area contributed by atoms with Crippen LogP contribution in [0.25, 0.3) is 5.82 Å². The van der Waals surface area contributed by atoms with E-state index in [1.165, 1.54) is 11.0 Å². The molecule has 1 aliphatic carbocycles. The molecule has 0 spiro atoms. The lowest BCUT2D eigenvalue weighted by Crippen LogP contribution is -2.06. The molecule has 3 rings (SSSR count). The predicted molar refractivity (Wildman–Crippen MR) is 69.7 cm³/mol. The Kier molecular flexibility index (Phi) is 2.56. The molecule has 0 unspecified atom stereocenters. The Morgan fingerprint density at radius 3 is 2.89 bits per heavy atom. The molecular formula is C12H13N7. The number of nitrogens with zero attached hydrogens (tertiary/aromatic N) is 5. The fourth-order valence-electron chi connectivity index (χ4n) is 1.79. The molecule has 2 heterocycles. The van der Waals surface area contributed by atoms with Crippen molar-refractivity contribution in [2.45, 2.75) is 25.8 Å². The normalized spacial score (nSPS) is 14.1. The first-order chi connectivity index (χ1) is 9.19. The van der Waals surface area contributed by atoms with Gasteiger partial charge in [-0.15, -0.1) is 5.10 Å². The fraction of sp³-hybridized carbons (Fsp3) is 0.333. The van der Waals surface area contributed by atoms with Gasteiger partial charge in [-0.25, -0.2) is 9.97 Å². The molecular weight excluding hydrogens is 242 g/mol. The second-order valence-electron chi connectivity index (χ2n) is 4.57. The Hall–Kier alpha value is -2.62. The summed E-state index contributed by atoms with van der Waals surface area (Å²) in [6.45, 7) is 1.86. The summed E-state index contributed by atoms with van der Waals surface area (Å²) in [5.74, 6) is 1.38. The Morgan fingerprint density at radius 1 is 1.47 bits per heavy atom. The summed E-state index contributed by atoms with van der Waals surface area (Å²) in [6.07, 6.45) is 3.65. The number of nitrogen functional groups attached to an aromatic ring is 1. The largest absolute Gasteiger partial charge is 0.382 e. The molecule has 0 radical (unpaired) electrons. The van der Waals surface area contributed by atoms with Gasteiger partial charge >= 0.3 is 0 Å². The lowest BCUT2D eigenvalue weighted by Gasteiger charge is -2.02. The zero-order valence-electron chi connectivity index (χ0n) is 10.5. The van der Waals surface area contributed by atoms with Gasteiger partial charge in [0.15, 0.2) is 11.6 Å². The SMILES string of the molecule is Cc1cc(-n2nc(NC3CC3)c(C#N)c2N)ncn1. The highest BCUT2D eigenvalue weighted by molar-refractivity contribution is 5.66. The van der Waals surface area contributed by atoms with Crippen LogP contribution in [0.4, 0.5) is 11.6 Å². The van der Waals surface area contributed by atoms with E-state index in [2.05, 4.69) is 26.5 Å². The maximum atomic E-state index is 9.19. The van der Waals surface area contributed by atoms with Gasteiger partial charge in [-0.1, -0.05) is 0 Å². The fourth-order valence-corrected chi connectivity index (χ4v) is 1.79. The smallest absolute Gasteiger partial charge is 0.169 e. The van der Waals surface area contributed by atoms with E-state index in [1.54, 1.807) is 6.07 Å². The minimum atomic E-state index is 0.295. The zero-order valence-corrected chi connectivity index (χ0v) is 10.5. The monoisotopic (exact) mass is 255 g/mol. The molecule has 1 saturated carbocycles. The van der Waals surface area contributed by atoms with E-state index in [9.17, 15) is 5.26 Å². The quantitative estimate of drug-likeness (QED) is 0.847. The zero-order chi connectivity index (χ0) is 13.4. The van der Waals surface area contributed by atoms with E-state index >= 15 is 0 Å². The minimum absolute atomic E-state index is 0.295. The van der Waals surface area contributed by atoms with Crippen molar-refractivity contribution in [3.05, 3.63) is 23.7 Å². The van der Waals surface area contributed by atoms with E-state index in [4.69, 9.17) is 5.73 Å². The second kappa shape index (κ2) is 4.24. The van der Waals surface area contributed by atoms with Crippen LogP contribution >= 0.6 is 0 Å². The first-order valence-corrected chi connectivity index (χ1v) is 6.03. The van der Waals surface area contributed by atoms with Crippen LogP contribution in [0.1, 0.15) is 24.1 Å². The second-order valence-corrected chi connectivity index (χ2v) is 4.57. The lowest BCUT2D eigenvalue weighted by atomic mass is 10.3. The molecule has 0 bridgehead atoms. The predicted octanol–water partition coefficient (Wildman–Crippen LogP) is 0.999. The number of aryl methyl sites for hydroxylation is 1. The van der Waals surface area contributed by atoms with Crippen LogP contribution in [0.3, 0.4) is 0 Å². The number of nitriles is 1. The van der Waals surface area contributed by atoms with Crippen LogP contribution in [0.2, 0.25) is 0 Å². The van der Waals surface area contributed by atoms with E-state index in [-0.39, 0.29) is 0 Å². The van der Waals surface area contributed by atoms with Crippen molar-refractivity contribution >= 4 is 11.6 Å². The van der Waals surface area contributed by atoms with E-state index in [0.717, 1.165) is 18.5 Å². The Morgan fingerprint density at radius 2 is 2.26 bits per heavy atom. The summed E-state index contributed by atoms with van der Waals surface area (Å²) >= 11 is 0. The number of anilines is 2. The van der Waals surface area contributed by atoms with Gasteiger partial charge < -0.3 is 11.1 Å². The Labute approximate surface area is 110 Å². The summed E-state index contributed by atoms with van der Waals surface area (Å²) < 4.78 is 1.47. The maximum absolute atomic E-state index is 9.19. The van der Waals surface area contributed by atoms with Gasteiger partial charge in [0.05, 0.1) is 0 Å². The molecule has 0 aliphatic heterocycles. The Bertz CT molecular complexity index is 663. The van der Waals surface area contributed by atoms with Crippen LogP contribution in [-0.4, -0.2) is 25.8 Å². The topological polar surface area (TPSA) is 105 Å². The van der Waals surface area contributed by atoms with Crippen molar-refractivity contribution in [3.8, 4) is 11.9 Å². The summed E-state index contributed by atoms with van der Waals surface area (Å²) in [6, 6.07) is 4.26. The summed E-state index contributed by atoms with van der Waals surface area (Å²) in [7, 11) is 0. The molecule has 96 valence electrons. The van der Waals surface area contributed by atoms with Crippen LogP contribution in [0.15, 0.2) is 12.4 Å². The van der Waals surface area contributed by atoms with Crippen molar-refractivity contribution in [3.63, 3.8) is 0 Å². The molecule has 3 N–H and O–H groups in total. The third-order valence-electron chi connectivity index (χ3n) is 2.96. The van der Waals surface area contributed by atoms with E-state index < -0.39 is 0 Å². The van der Waals surface area contributed by atoms with Crippen molar-refractivity contribution < 1.29 is 0 Å². The van der Waals surface area contributed by atoms with Gasteiger partial charge in [-0.2, -0.15) is 9.94 Å². The molecule has 7 heteroatoms. The van der Waals surface area contributed by atoms with Crippen molar-refractivity contribution in [2.24, 2.45) is 0 Å². The third kappa shape index (κ3) is 2.08. The number of aromatic nitrogens is 4. The van der Waals surface area contributed by atoms with Gasteiger partial charge in [0.1, 0.15) is 23.8 Å².